The molecule has 2 N–H and O–H groups in total. The number of nitrogens with zero attached hydrogens (tertiary/aromatic N) is 2. The third-order valence-corrected chi connectivity index (χ3v) is 4.12. The Morgan fingerprint density at radius 1 is 0.964 bits per heavy atom. The van der Waals surface area contributed by atoms with Crippen LogP contribution in [0.15, 0.2) is 54.9 Å². The molecule has 0 saturated heterocycles. The number of amides is 1. The average molecular weight is 376 g/mol. The van der Waals surface area contributed by atoms with Gasteiger partial charge in [-0.25, -0.2) is 14.8 Å². The zero-order chi connectivity index (χ0) is 20.1. The van der Waals surface area contributed by atoms with Crippen molar-refractivity contribution < 1.29 is 14.3 Å². The van der Waals surface area contributed by atoms with Gasteiger partial charge in [0, 0.05) is 11.8 Å². The third-order valence-electron chi connectivity index (χ3n) is 4.12. The van der Waals surface area contributed by atoms with Crippen LogP contribution in [0.3, 0.4) is 0 Å². The number of esters is 1. The number of para-hydroxylation sites is 1. The number of carbonyl (C=O) groups excluding carboxylic acids is 2. The fourth-order valence-corrected chi connectivity index (χ4v) is 2.71. The van der Waals surface area contributed by atoms with Gasteiger partial charge in [0.15, 0.2) is 0 Å². The zero-order valence-corrected chi connectivity index (χ0v) is 15.8. The van der Waals surface area contributed by atoms with Crippen LogP contribution in [0.2, 0.25) is 0 Å². The van der Waals surface area contributed by atoms with E-state index < -0.39 is 11.9 Å². The number of aromatic nitrogens is 2. The maximum absolute atomic E-state index is 12.6. The van der Waals surface area contributed by atoms with Crippen molar-refractivity contribution in [2.24, 2.45) is 0 Å². The van der Waals surface area contributed by atoms with E-state index in [4.69, 9.17) is 4.74 Å². The first-order chi connectivity index (χ1) is 13.5. The molecule has 7 nitrogen and oxygen atoms in total. The van der Waals surface area contributed by atoms with Gasteiger partial charge in [-0.1, -0.05) is 29.8 Å². The minimum atomic E-state index is -0.532. The maximum Gasteiger partial charge on any atom is 0.339 e. The van der Waals surface area contributed by atoms with E-state index in [1.165, 1.54) is 13.4 Å². The van der Waals surface area contributed by atoms with Crippen LogP contribution in [0.4, 0.5) is 17.2 Å². The van der Waals surface area contributed by atoms with E-state index in [1.807, 2.05) is 26.0 Å². The second-order valence-corrected chi connectivity index (χ2v) is 6.22. The first-order valence-electron chi connectivity index (χ1n) is 8.63. The molecule has 3 aromatic rings. The summed E-state index contributed by atoms with van der Waals surface area (Å²) < 4.78 is 4.74. The van der Waals surface area contributed by atoms with Crippen LogP contribution in [-0.4, -0.2) is 29.0 Å². The third kappa shape index (κ3) is 4.32. The number of benzene rings is 2. The van der Waals surface area contributed by atoms with Crippen LogP contribution in [0.1, 0.15) is 32.0 Å². The maximum atomic E-state index is 12.6. The Hall–Kier alpha value is -3.74. The van der Waals surface area contributed by atoms with Crippen LogP contribution in [0, 0.1) is 13.8 Å². The summed E-state index contributed by atoms with van der Waals surface area (Å²) in [6.45, 7) is 4.02. The van der Waals surface area contributed by atoms with Gasteiger partial charge < -0.3 is 15.4 Å². The monoisotopic (exact) mass is 376 g/mol. The quantitative estimate of drug-likeness (QED) is 0.657. The minimum absolute atomic E-state index is 0.168. The normalized spacial score (nSPS) is 10.2. The van der Waals surface area contributed by atoms with E-state index in [9.17, 15) is 9.59 Å². The standard InChI is InChI=1S/C21H20N4O3/c1-13-8-9-16(14(2)10-13)24-19-11-18(22-12-23-19)20(26)25-17-7-5-4-6-15(17)21(27)28-3/h4-12H,1-3H3,(H,25,26)(H,22,23,24). The molecule has 0 fully saturated rings. The Morgan fingerprint density at radius 3 is 2.50 bits per heavy atom. The van der Waals surface area contributed by atoms with Gasteiger partial charge in [0.25, 0.3) is 5.91 Å². The molecule has 0 unspecified atom stereocenters. The van der Waals surface area contributed by atoms with Crippen molar-refractivity contribution in [3.8, 4) is 0 Å². The molecule has 0 radical (unpaired) electrons. The first kappa shape index (κ1) is 19.0. The molecule has 1 aromatic heterocycles. The van der Waals surface area contributed by atoms with Gasteiger partial charge in [-0.15, -0.1) is 0 Å². The molecule has 0 bridgehead atoms. The number of methoxy groups -OCH3 is 1. The minimum Gasteiger partial charge on any atom is -0.465 e. The molecule has 3 rings (SSSR count). The molecule has 0 spiro atoms. The number of aryl methyl sites for hydroxylation is 2. The highest BCUT2D eigenvalue weighted by Crippen LogP contribution is 2.21. The van der Waals surface area contributed by atoms with Crippen LogP contribution < -0.4 is 10.6 Å². The second kappa shape index (κ2) is 8.30. The molecule has 28 heavy (non-hydrogen) atoms. The Kier molecular flexibility index (Phi) is 5.64. The molecule has 0 aliphatic rings. The zero-order valence-electron chi connectivity index (χ0n) is 15.8. The SMILES string of the molecule is COC(=O)c1ccccc1NC(=O)c1cc(Nc2ccc(C)cc2C)ncn1. The predicted molar refractivity (Wildman–Crippen MR) is 107 cm³/mol. The number of ether oxygens (including phenoxy) is 1. The highest BCUT2D eigenvalue weighted by atomic mass is 16.5. The van der Waals surface area contributed by atoms with Gasteiger partial charge >= 0.3 is 5.97 Å². The van der Waals surface area contributed by atoms with E-state index in [0.717, 1.165) is 16.8 Å². The molecule has 2 aromatic carbocycles. The lowest BCUT2D eigenvalue weighted by Crippen LogP contribution is -2.17. The molecule has 0 aliphatic carbocycles. The van der Waals surface area contributed by atoms with E-state index >= 15 is 0 Å². The van der Waals surface area contributed by atoms with E-state index in [-0.39, 0.29) is 11.3 Å². The fourth-order valence-electron chi connectivity index (χ4n) is 2.71. The van der Waals surface area contributed by atoms with E-state index in [1.54, 1.807) is 30.3 Å². The summed E-state index contributed by atoms with van der Waals surface area (Å²) >= 11 is 0. The molecule has 1 heterocycles. The topological polar surface area (TPSA) is 93.2 Å². The largest absolute Gasteiger partial charge is 0.465 e. The molecule has 0 atom stereocenters. The summed E-state index contributed by atoms with van der Waals surface area (Å²) in [6, 6.07) is 14.2. The Bertz CT molecular complexity index is 1030. The van der Waals surface area contributed by atoms with Gasteiger partial charge in [-0.3, -0.25) is 4.79 Å². The molecular formula is C21H20N4O3. The summed E-state index contributed by atoms with van der Waals surface area (Å²) in [5.41, 5.74) is 3.91. The van der Waals surface area contributed by atoms with Gasteiger partial charge in [0.05, 0.1) is 18.4 Å². The number of nitrogens with one attached hydrogen (secondary N) is 2. The van der Waals surface area contributed by atoms with Gasteiger partial charge in [0.1, 0.15) is 17.8 Å². The van der Waals surface area contributed by atoms with Gasteiger partial charge in [-0.05, 0) is 37.6 Å². The van der Waals surface area contributed by atoms with Crippen LogP contribution >= 0.6 is 0 Å². The predicted octanol–water partition coefficient (Wildman–Crippen LogP) is 3.88. The van der Waals surface area contributed by atoms with Crippen molar-refractivity contribution in [3.05, 3.63) is 77.2 Å². The summed E-state index contributed by atoms with van der Waals surface area (Å²) in [5.74, 6) is -0.494. The Morgan fingerprint density at radius 2 is 1.75 bits per heavy atom. The molecule has 1 amide bonds. The summed E-state index contributed by atoms with van der Waals surface area (Å²) in [7, 11) is 1.29. The van der Waals surface area contributed by atoms with Crippen molar-refractivity contribution in [3.63, 3.8) is 0 Å². The van der Waals surface area contributed by atoms with Gasteiger partial charge in [0.2, 0.25) is 0 Å². The number of hydrogen-bond donors (Lipinski definition) is 2. The Balaban J connectivity index is 1.81. The highest BCUT2D eigenvalue weighted by molar-refractivity contribution is 6.07. The molecule has 0 aliphatic heterocycles. The molecule has 7 heteroatoms. The first-order valence-corrected chi connectivity index (χ1v) is 8.63. The number of anilines is 3. The molecular weight excluding hydrogens is 356 g/mol. The van der Waals surface area contributed by atoms with E-state index in [0.29, 0.717) is 11.5 Å². The van der Waals surface area contributed by atoms with Crippen molar-refractivity contribution >= 4 is 29.1 Å². The number of carbonyl (C=O) groups is 2. The van der Waals surface area contributed by atoms with Crippen molar-refractivity contribution in [2.45, 2.75) is 13.8 Å². The number of rotatable bonds is 5. The molecule has 0 saturated carbocycles. The lowest BCUT2D eigenvalue weighted by Gasteiger charge is -2.11. The van der Waals surface area contributed by atoms with Crippen molar-refractivity contribution in [1.29, 1.82) is 0 Å². The Labute approximate surface area is 162 Å². The lowest BCUT2D eigenvalue weighted by atomic mass is 10.1. The van der Waals surface area contributed by atoms with Crippen LogP contribution in [-0.2, 0) is 4.74 Å². The van der Waals surface area contributed by atoms with E-state index in [2.05, 4.69) is 26.7 Å². The fraction of sp³-hybridized carbons (Fsp3) is 0.143. The average Bonchev–Trinajstić information content (AvgIpc) is 2.70. The number of hydrogen-bond acceptors (Lipinski definition) is 6. The van der Waals surface area contributed by atoms with Gasteiger partial charge in [-0.2, -0.15) is 0 Å². The molecule has 142 valence electrons. The lowest BCUT2D eigenvalue weighted by molar-refractivity contribution is 0.0602. The van der Waals surface area contributed by atoms with Crippen molar-refractivity contribution in [1.82, 2.24) is 9.97 Å². The summed E-state index contributed by atoms with van der Waals surface area (Å²) in [4.78, 5) is 32.7. The van der Waals surface area contributed by atoms with Crippen LogP contribution in [0.25, 0.3) is 0 Å². The summed E-state index contributed by atoms with van der Waals surface area (Å²) in [5, 5.41) is 5.89. The summed E-state index contributed by atoms with van der Waals surface area (Å²) in [6.07, 6.45) is 1.31. The van der Waals surface area contributed by atoms with Crippen LogP contribution in [0.5, 0.6) is 0 Å². The second-order valence-electron chi connectivity index (χ2n) is 6.22. The smallest absolute Gasteiger partial charge is 0.339 e. The highest BCUT2D eigenvalue weighted by Gasteiger charge is 2.15. The van der Waals surface area contributed by atoms with Crippen molar-refractivity contribution in [2.75, 3.05) is 17.7 Å².